The van der Waals surface area contributed by atoms with Crippen LogP contribution in [0.5, 0.6) is 0 Å². The van der Waals surface area contributed by atoms with E-state index in [9.17, 15) is 9.90 Å². The van der Waals surface area contributed by atoms with E-state index in [1.54, 1.807) is 24.5 Å². The molecule has 2 heterocycles. The van der Waals surface area contributed by atoms with Crippen molar-refractivity contribution >= 4 is 12.4 Å². The molecule has 2 unspecified atom stereocenters. The summed E-state index contributed by atoms with van der Waals surface area (Å²) < 4.78 is 5.07. The van der Waals surface area contributed by atoms with E-state index in [1.165, 1.54) is 0 Å². The van der Waals surface area contributed by atoms with Crippen LogP contribution in [0.2, 0.25) is 0 Å². The zero-order valence-corrected chi connectivity index (χ0v) is 11.3. The SMILES string of the molecule is O=C([O-])C1N=COC1c1ccncc1.[K+]. The van der Waals surface area contributed by atoms with Crippen molar-refractivity contribution in [3.05, 3.63) is 30.1 Å². The minimum absolute atomic E-state index is 0. The molecule has 0 amide bonds. The summed E-state index contributed by atoms with van der Waals surface area (Å²) in [7, 11) is 0. The molecule has 0 aliphatic carbocycles. The summed E-state index contributed by atoms with van der Waals surface area (Å²) in [5.74, 6) is -1.24. The van der Waals surface area contributed by atoms with Gasteiger partial charge in [0.25, 0.3) is 0 Å². The van der Waals surface area contributed by atoms with Crippen molar-refractivity contribution in [3.63, 3.8) is 0 Å². The Kier molecular flexibility index (Phi) is 4.87. The van der Waals surface area contributed by atoms with E-state index in [2.05, 4.69) is 9.98 Å². The molecular formula is C9H7KN2O3. The number of carboxylic acid groups (broad SMARTS) is 1. The number of aliphatic carboxylic acids is 1. The van der Waals surface area contributed by atoms with Crippen LogP contribution >= 0.6 is 0 Å². The van der Waals surface area contributed by atoms with E-state index in [0.29, 0.717) is 0 Å². The van der Waals surface area contributed by atoms with Gasteiger partial charge in [-0.05, 0) is 17.7 Å². The average molecular weight is 230 g/mol. The molecule has 6 heteroatoms. The molecular weight excluding hydrogens is 223 g/mol. The monoisotopic (exact) mass is 230 g/mol. The van der Waals surface area contributed by atoms with Gasteiger partial charge >= 0.3 is 51.4 Å². The Bertz CT molecular complexity index is 369. The van der Waals surface area contributed by atoms with Gasteiger partial charge in [0.15, 0.2) is 12.5 Å². The number of carbonyl (C=O) groups is 1. The van der Waals surface area contributed by atoms with Gasteiger partial charge in [-0.15, -0.1) is 0 Å². The Balaban J connectivity index is 0.00000112. The third-order valence-electron chi connectivity index (χ3n) is 1.99. The molecule has 2 atom stereocenters. The Labute approximate surface area is 129 Å². The Morgan fingerprint density at radius 2 is 2.07 bits per heavy atom. The van der Waals surface area contributed by atoms with Gasteiger partial charge in [-0.2, -0.15) is 0 Å². The summed E-state index contributed by atoms with van der Waals surface area (Å²) in [6, 6.07) is 2.42. The quantitative estimate of drug-likeness (QED) is 0.490. The molecule has 0 fully saturated rings. The van der Waals surface area contributed by atoms with E-state index < -0.39 is 18.1 Å². The molecule has 2 rings (SSSR count). The van der Waals surface area contributed by atoms with E-state index in [-0.39, 0.29) is 51.4 Å². The summed E-state index contributed by atoms with van der Waals surface area (Å²) in [6.45, 7) is 0. The van der Waals surface area contributed by atoms with E-state index in [4.69, 9.17) is 4.74 Å². The number of pyridine rings is 1. The molecule has 1 aliphatic heterocycles. The maximum atomic E-state index is 10.7. The van der Waals surface area contributed by atoms with Crippen LogP contribution in [0.4, 0.5) is 0 Å². The summed E-state index contributed by atoms with van der Waals surface area (Å²) in [4.78, 5) is 18.2. The van der Waals surface area contributed by atoms with Gasteiger partial charge in [-0.25, -0.2) is 4.99 Å². The molecule has 5 nitrogen and oxygen atoms in total. The second kappa shape index (κ2) is 5.71. The van der Waals surface area contributed by atoms with Gasteiger partial charge in [-0.1, -0.05) is 0 Å². The van der Waals surface area contributed by atoms with Gasteiger partial charge in [0.2, 0.25) is 0 Å². The van der Waals surface area contributed by atoms with Gasteiger partial charge < -0.3 is 14.6 Å². The number of aromatic nitrogens is 1. The molecule has 72 valence electrons. The fourth-order valence-electron chi connectivity index (χ4n) is 1.32. The Hall–Kier alpha value is -0.274. The van der Waals surface area contributed by atoms with Gasteiger partial charge in [-0.3, -0.25) is 4.98 Å². The first-order valence-electron chi connectivity index (χ1n) is 4.07. The second-order valence-corrected chi connectivity index (χ2v) is 2.86. The number of hydrogen-bond acceptors (Lipinski definition) is 5. The smallest absolute Gasteiger partial charge is 0.548 e. The number of nitrogens with zero attached hydrogens (tertiary/aromatic N) is 2. The molecule has 0 radical (unpaired) electrons. The minimum atomic E-state index is -1.24. The fourth-order valence-corrected chi connectivity index (χ4v) is 1.32. The number of ether oxygens (including phenoxy) is 1. The maximum absolute atomic E-state index is 10.7. The molecule has 0 saturated heterocycles. The summed E-state index contributed by atoms with van der Waals surface area (Å²) in [5, 5.41) is 10.7. The van der Waals surface area contributed by atoms with Gasteiger partial charge in [0.05, 0.1) is 5.97 Å². The number of rotatable bonds is 2. The Morgan fingerprint density at radius 1 is 1.40 bits per heavy atom. The maximum Gasteiger partial charge on any atom is 1.00 e. The van der Waals surface area contributed by atoms with Crippen molar-refractivity contribution in [1.82, 2.24) is 4.98 Å². The minimum Gasteiger partial charge on any atom is -0.548 e. The second-order valence-electron chi connectivity index (χ2n) is 2.86. The normalized spacial score (nSPS) is 22.9. The molecule has 1 aromatic rings. The van der Waals surface area contributed by atoms with E-state index in [1.807, 2.05) is 0 Å². The van der Waals surface area contributed by atoms with Gasteiger partial charge in [0.1, 0.15) is 6.04 Å². The predicted octanol–water partition coefficient (Wildman–Crippen LogP) is -3.70. The third kappa shape index (κ3) is 2.85. The van der Waals surface area contributed by atoms with E-state index in [0.717, 1.165) is 12.0 Å². The molecule has 0 saturated carbocycles. The van der Waals surface area contributed by atoms with Gasteiger partial charge in [0, 0.05) is 12.4 Å². The van der Waals surface area contributed by atoms with Crippen LogP contribution < -0.4 is 56.5 Å². The molecule has 1 aromatic heterocycles. The van der Waals surface area contributed by atoms with Crippen molar-refractivity contribution in [2.24, 2.45) is 4.99 Å². The first kappa shape index (κ1) is 12.8. The Morgan fingerprint density at radius 3 is 2.67 bits per heavy atom. The van der Waals surface area contributed by atoms with Crippen molar-refractivity contribution < 1.29 is 66.0 Å². The molecule has 0 N–H and O–H groups in total. The zero-order chi connectivity index (χ0) is 9.97. The van der Waals surface area contributed by atoms with Crippen LogP contribution in [0.25, 0.3) is 0 Å². The third-order valence-corrected chi connectivity index (χ3v) is 1.99. The van der Waals surface area contributed by atoms with Crippen molar-refractivity contribution in [1.29, 1.82) is 0 Å². The van der Waals surface area contributed by atoms with Crippen LogP contribution in [-0.4, -0.2) is 23.4 Å². The van der Waals surface area contributed by atoms with Crippen LogP contribution in [0.3, 0.4) is 0 Å². The molecule has 0 bridgehead atoms. The zero-order valence-electron chi connectivity index (χ0n) is 8.16. The number of carbonyl (C=O) groups excluding carboxylic acids is 1. The topological polar surface area (TPSA) is 74.6 Å². The first-order valence-corrected chi connectivity index (χ1v) is 4.07. The van der Waals surface area contributed by atoms with Crippen LogP contribution in [0.15, 0.2) is 29.5 Å². The first-order chi connectivity index (χ1) is 6.79. The van der Waals surface area contributed by atoms with Crippen LogP contribution in [-0.2, 0) is 9.53 Å². The fraction of sp³-hybridized carbons (Fsp3) is 0.222. The van der Waals surface area contributed by atoms with Crippen LogP contribution in [0, 0.1) is 0 Å². The van der Waals surface area contributed by atoms with Crippen molar-refractivity contribution in [2.45, 2.75) is 12.1 Å². The predicted molar refractivity (Wildman–Crippen MR) is 45.4 cm³/mol. The molecule has 0 aromatic carbocycles. The number of carboxylic acids is 1. The molecule has 0 spiro atoms. The summed E-state index contributed by atoms with van der Waals surface area (Å²) >= 11 is 0. The van der Waals surface area contributed by atoms with Crippen LogP contribution in [0.1, 0.15) is 11.7 Å². The molecule has 1 aliphatic rings. The number of hydrogen-bond donors (Lipinski definition) is 0. The largest absolute Gasteiger partial charge is 1.00 e. The van der Waals surface area contributed by atoms with Crippen molar-refractivity contribution in [3.8, 4) is 0 Å². The number of aliphatic imine (C=N–C) groups is 1. The molecule has 15 heavy (non-hydrogen) atoms. The summed E-state index contributed by atoms with van der Waals surface area (Å²) in [5.41, 5.74) is 0.728. The summed E-state index contributed by atoms with van der Waals surface area (Å²) in [6.07, 6.45) is 3.70. The average Bonchev–Trinajstić information content (AvgIpc) is 2.67. The standard InChI is InChI=1S/C9H8N2O3.K/c12-9(13)7-8(14-5-11-7)6-1-3-10-4-2-6;/h1-5,7-8H,(H,12,13);/q;+1/p-1. The van der Waals surface area contributed by atoms with Crippen molar-refractivity contribution in [2.75, 3.05) is 0 Å². The van der Waals surface area contributed by atoms with E-state index >= 15 is 0 Å².